The van der Waals surface area contributed by atoms with Crippen molar-refractivity contribution in [3.8, 4) is 0 Å². The van der Waals surface area contributed by atoms with Crippen LogP contribution in [0.15, 0.2) is 73.2 Å². The molecule has 0 amide bonds. The minimum Gasteiger partial charge on any atom is -0.329 e. The van der Waals surface area contributed by atoms with E-state index in [1.807, 2.05) is 6.33 Å². The van der Waals surface area contributed by atoms with Crippen LogP contribution in [-0.2, 0) is 19.5 Å². The van der Waals surface area contributed by atoms with Gasteiger partial charge in [0.25, 0.3) is 0 Å². The second-order valence-electron chi connectivity index (χ2n) is 8.56. The van der Waals surface area contributed by atoms with E-state index in [1.165, 1.54) is 49.3 Å². The Balaban J connectivity index is 1.34. The monoisotopic (exact) mass is 386 g/mol. The van der Waals surface area contributed by atoms with Gasteiger partial charge in [-0.05, 0) is 36.9 Å². The summed E-state index contributed by atoms with van der Waals surface area (Å²) in [5.74, 6) is 0. The highest BCUT2D eigenvalue weighted by atomic mass is 15.3. The van der Waals surface area contributed by atoms with E-state index < -0.39 is 0 Å². The highest BCUT2D eigenvalue weighted by Gasteiger charge is 2.36. The summed E-state index contributed by atoms with van der Waals surface area (Å²) in [5.41, 5.74) is 4.09. The quantitative estimate of drug-likeness (QED) is 0.644. The van der Waals surface area contributed by atoms with Gasteiger partial charge in [-0.1, -0.05) is 60.7 Å². The van der Waals surface area contributed by atoms with Gasteiger partial charge in [-0.15, -0.1) is 0 Å². The molecule has 0 spiro atoms. The predicted molar refractivity (Wildman–Crippen MR) is 117 cm³/mol. The average Bonchev–Trinajstić information content (AvgIpc) is 3.39. The van der Waals surface area contributed by atoms with Crippen molar-refractivity contribution in [3.05, 3.63) is 90.0 Å². The molecule has 2 atom stereocenters. The van der Waals surface area contributed by atoms with Crippen LogP contribution in [0.5, 0.6) is 0 Å². The third-order valence-corrected chi connectivity index (χ3v) is 6.58. The van der Waals surface area contributed by atoms with Crippen LogP contribution >= 0.6 is 0 Å². The van der Waals surface area contributed by atoms with Crippen LogP contribution in [0.3, 0.4) is 0 Å². The molecule has 2 aromatic carbocycles. The number of rotatable bonds is 6. The van der Waals surface area contributed by atoms with Crippen LogP contribution in [0, 0.1) is 0 Å². The van der Waals surface area contributed by atoms with Gasteiger partial charge in [0.2, 0.25) is 0 Å². The molecule has 150 valence electrons. The summed E-state index contributed by atoms with van der Waals surface area (Å²) in [7, 11) is 0. The fourth-order valence-electron chi connectivity index (χ4n) is 5.03. The minimum atomic E-state index is 0.562. The van der Waals surface area contributed by atoms with Crippen molar-refractivity contribution < 1.29 is 0 Å². The molecule has 0 aliphatic carbocycles. The van der Waals surface area contributed by atoms with Crippen molar-refractivity contribution in [2.45, 2.75) is 44.4 Å². The maximum absolute atomic E-state index is 4.49. The van der Waals surface area contributed by atoms with E-state index in [9.17, 15) is 0 Å². The van der Waals surface area contributed by atoms with Crippen molar-refractivity contribution in [1.29, 1.82) is 0 Å². The number of aromatic nitrogens is 2. The smallest absolute Gasteiger partial charge is 0.0951 e. The summed E-state index contributed by atoms with van der Waals surface area (Å²) < 4.78 is 2.32. The summed E-state index contributed by atoms with van der Waals surface area (Å²) in [4.78, 5) is 9.93. The fourth-order valence-corrected chi connectivity index (χ4v) is 5.03. The lowest BCUT2D eigenvalue weighted by Gasteiger charge is -2.44. The number of nitrogens with zero attached hydrogens (tertiary/aromatic N) is 4. The van der Waals surface area contributed by atoms with Crippen molar-refractivity contribution in [3.63, 3.8) is 0 Å². The molecule has 0 bridgehead atoms. The predicted octanol–water partition coefficient (Wildman–Crippen LogP) is 3.82. The van der Waals surface area contributed by atoms with Crippen LogP contribution in [0.4, 0.5) is 0 Å². The summed E-state index contributed by atoms with van der Waals surface area (Å²) in [6.45, 7) is 5.51. The first kappa shape index (κ1) is 18.6. The number of benzene rings is 2. The first-order valence-corrected chi connectivity index (χ1v) is 10.9. The van der Waals surface area contributed by atoms with Crippen LogP contribution in [0.1, 0.15) is 29.7 Å². The zero-order valence-electron chi connectivity index (χ0n) is 17.0. The molecule has 4 nitrogen and oxygen atoms in total. The molecule has 3 aromatic rings. The van der Waals surface area contributed by atoms with Crippen LogP contribution in [0.25, 0.3) is 0 Å². The highest BCUT2D eigenvalue weighted by molar-refractivity contribution is 5.18. The van der Waals surface area contributed by atoms with E-state index in [0.717, 1.165) is 25.6 Å². The maximum atomic E-state index is 4.49. The van der Waals surface area contributed by atoms with Crippen molar-refractivity contribution in [2.75, 3.05) is 19.6 Å². The molecule has 2 fully saturated rings. The van der Waals surface area contributed by atoms with Gasteiger partial charge in [0.1, 0.15) is 0 Å². The maximum Gasteiger partial charge on any atom is 0.0951 e. The van der Waals surface area contributed by atoms with Crippen molar-refractivity contribution in [1.82, 2.24) is 19.4 Å². The van der Waals surface area contributed by atoms with E-state index in [4.69, 9.17) is 0 Å². The van der Waals surface area contributed by atoms with Gasteiger partial charge in [0.05, 0.1) is 12.0 Å². The van der Waals surface area contributed by atoms with Gasteiger partial charge in [-0.25, -0.2) is 4.98 Å². The molecule has 4 heteroatoms. The molecular weight excluding hydrogens is 356 g/mol. The van der Waals surface area contributed by atoms with Crippen molar-refractivity contribution in [2.24, 2.45) is 0 Å². The minimum absolute atomic E-state index is 0.562. The molecule has 29 heavy (non-hydrogen) atoms. The van der Waals surface area contributed by atoms with Gasteiger partial charge >= 0.3 is 0 Å². The molecule has 2 aliphatic heterocycles. The highest BCUT2D eigenvalue weighted by Crippen LogP contribution is 2.27. The van der Waals surface area contributed by atoms with Crippen LogP contribution in [0.2, 0.25) is 0 Å². The lowest BCUT2D eigenvalue weighted by molar-refractivity contribution is 0.0441. The largest absolute Gasteiger partial charge is 0.329 e. The van der Waals surface area contributed by atoms with Crippen molar-refractivity contribution >= 4 is 0 Å². The van der Waals surface area contributed by atoms with E-state index in [1.54, 1.807) is 0 Å². The Morgan fingerprint density at radius 3 is 2.41 bits per heavy atom. The zero-order valence-corrected chi connectivity index (χ0v) is 17.0. The number of piperazine rings is 1. The second-order valence-corrected chi connectivity index (χ2v) is 8.56. The molecule has 2 saturated heterocycles. The molecule has 3 heterocycles. The third kappa shape index (κ3) is 4.29. The summed E-state index contributed by atoms with van der Waals surface area (Å²) >= 11 is 0. The standard InChI is InChI=1S/C25H30N4/c1-3-8-21(9-4-1)14-24-18-27-13-7-12-23(27)17-28(24)19-25-15-26-20-29(25)16-22-10-5-2-6-11-22/h1-6,8-11,15,20,23-24H,7,12-14,16-19H2/t23-,24+/m0/s1. The van der Waals surface area contributed by atoms with Gasteiger partial charge in [0, 0.05) is 44.5 Å². The Morgan fingerprint density at radius 1 is 0.862 bits per heavy atom. The first-order chi connectivity index (χ1) is 14.3. The van der Waals surface area contributed by atoms with Crippen LogP contribution < -0.4 is 0 Å². The molecule has 2 aliphatic rings. The third-order valence-electron chi connectivity index (χ3n) is 6.58. The molecule has 0 radical (unpaired) electrons. The Labute approximate surface area is 173 Å². The molecular formula is C25H30N4. The number of hydrogen-bond donors (Lipinski definition) is 0. The fraction of sp³-hybridized carbons (Fsp3) is 0.400. The summed E-state index contributed by atoms with van der Waals surface area (Å²) in [6.07, 6.45) is 7.86. The van der Waals surface area contributed by atoms with Gasteiger partial charge in [-0.2, -0.15) is 0 Å². The number of fused-ring (bicyclic) bond motifs is 1. The molecule has 0 N–H and O–H groups in total. The van der Waals surface area contributed by atoms with Crippen LogP contribution in [-0.4, -0.2) is 51.1 Å². The average molecular weight is 387 g/mol. The van der Waals surface area contributed by atoms with E-state index in [0.29, 0.717) is 6.04 Å². The van der Waals surface area contributed by atoms with Gasteiger partial charge in [0.15, 0.2) is 0 Å². The second kappa shape index (κ2) is 8.52. The summed E-state index contributed by atoms with van der Waals surface area (Å²) in [5, 5.41) is 0. The Bertz CT molecular complexity index is 905. The molecule has 1 aromatic heterocycles. The Morgan fingerprint density at radius 2 is 1.62 bits per heavy atom. The number of imidazole rings is 1. The lowest BCUT2D eigenvalue weighted by Crippen LogP contribution is -2.56. The Kier molecular flexibility index (Phi) is 5.46. The molecule has 0 unspecified atom stereocenters. The van der Waals surface area contributed by atoms with Gasteiger partial charge < -0.3 is 4.57 Å². The first-order valence-electron chi connectivity index (χ1n) is 10.9. The van der Waals surface area contributed by atoms with E-state index >= 15 is 0 Å². The normalized spacial score (nSPS) is 22.6. The van der Waals surface area contributed by atoms with E-state index in [-0.39, 0.29) is 0 Å². The SMILES string of the molecule is c1ccc(C[C@@H]2CN3CCC[C@H]3CN2Cc2cncn2Cc2ccccc2)cc1. The lowest BCUT2D eigenvalue weighted by atomic mass is 9.99. The molecule has 5 rings (SSSR count). The van der Waals surface area contributed by atoms with E-state index in [2.05, 4.69) is 86.2 Å². The Hall–Kier alpha value is -2.43. The van der Waals surface area contributed by atoms with Gasteiger partial charge in [-0.3, -0.25) is 9.80 Å². The zero-order chi connectivity index (χ0) is 19.5. The molecule has 0 saturated carbocycles. The number of hydrogen-bond acceptors (Lipinski definition) is 3. The summed E-state index contributed by atoms with van der Waals surface area (Å²) in [6, 6.07) is 23.0. The topological polar surface area (TPSA) is 24.3 Å².